The van der Waals surface area contributed by atoms with Crippen molar-refractivity contribution in [1.82, 2.24) is 0 Å². The summed E-state index contributed by atoms with van der Waals surface area (Å²) in [6.07, 6.45) is 0. The molecule has 1 aromatic carbocycles. The van der Waals surface area contributed by atoms with Gasteiger partial charge < -0.3 is 5.32 Å². The molecule has 0 aromatic heterocycles. The summed E-state index contributed by atoms with van der Waals surface area (Å²) in [5.74, 6) is 0. The van der Waals surface area contributed by atoms with Crippen molar-refractivity contribution in [2.24, 2.45) is 5.41 Å². The number of nitrogens with one attached hydrogen (secondary N) is 1. The number of hydrogen-bond donors (Lipinski definition) is 1. The molecule has 1 aromatic rings. The van der Waals surface area contributed by atoms with Gasteiger partial charge in [0.2, 0.25) is 0 Å². The zero-order valence-corrected chi connectivity index (χ0v) is 10.9. The summed E-state index contributed by atoms with van der Waals surface area (Å²) in [5.41, 5.74) is 5.74. The highest BCUT2D eigenvalue weighted by Crippen LogP contribution is 2.23. The predicted molar refractivity (Wildman–Crippen MR) is 68.6 cm³/mol. The summed E-state index contributed by atoms with van der Waals surface area (Å²) >= 11 is 0. The molecule has 0 saturated heterocycles. The first-order valence-electron chi connectivity index (χ1n) is 5.62. The van der Waals surface area contributed by atoms with Crippen molar-refractivity contribution in [3.8, 4) is 0 Å². The highest BCUT2D eigenvalue weighted by Gasteiger charge is 2.10. The Morgan fingerprint density at radius 1 is 1.00 bits per heavy atom. The minimum absolute atomic E-state index is 0.325. The molecule has 1 heteroatoms. The van der Waals surface area contributed by atoms with E-state index in [1.807, 2.05) is 0 Å². The molecule has 1 N–H and O–H groups in total. The number of anilines is 1. The van der Waals surface area contributed by atoms with Gasteiger partial charge in [0.05, 0.1) is 0 Å². The molecule has 0 fully saturated rings. The number of rotatable bonds is 2. The monoisotopic (exact) mass is 205 g/mol. The van der Waals surface area contributed by atoms with Crippen LogP contribution in [-0.4, -0.2) is 6.54 Å². The van der Waals surface area contributed by atoms with Crippen LogP contribution < -0.4 is 5.32 Å². The maximum atomic E-state index is 3.52. The first-order valence-corrected chi connectivity index (χ1v) is 5.62. The lowest BCUT2D eigenvalue weighted by Gasteiger charge is -2.21. The topological polar surface area (TPSA) is 12.0 Å². The van der Waals surface area contributed by atoms with Gasteiger partial charge in [0.1, 0.15) is 0 Å². The average Bonchev–Trinajstić information content (AvgIpc) is 2.12. The van der Waals surface area contributed by atoms with Crippen molar-refractivity contribution in [1.29, 1.82) is 0 Å². The lowest BCUT2D eigenvalue weighted by atomic mass is 9.96. The Hall–Kier alpha value is -0.980. The van der Waals surface area contributed by atoms with Gasteiger partial charge in [-0.2, -0.15) is 0 Å². The smallest absolute Gasteiger partial charge is 0.0372 e. The van der Waals surface area contributed by atoms with Gasteiger partial charge in [-0.05, 0) is 48.9 Å². The fraction of sp³-hybridized carbons (Fsp3) is 0.571. The van der Waals surface area contributed by atoms with Gasteiger partial charge in [-0.15, -0.1) is 0 Å². The number of aryl methyl sites for hydroxylation is 1. The maximum Gasteiger partial charge on any atom is 0.0372 e. The van der Waals surface area contributed by atoms with Crippen LogP contribution in [0.5, 0.6) is 0 Å². The minimum atomic E-state index is 0.325. The fourth-order valence-corrected chi connectivity index (χ4v) is 1.51. The Balaban J connectivity index is 2.83. The maximum absolute atomic E-state index is 3.52. The first kappa shape index (κ1) is 12.1. The Bertz CT molecular complexity index is 345. The van der Waals surface area contributed by atoms with Crippen LogP contribution in [0.1, 0.15) is 37.5 Å². The van der Waals surface area contributed by atoms with Crippen LogP contribution >= 0.6 is 0 Å². The highest BCUT2D eigenvalue weighted by molar-refractivity contribution is 5.56. The van der Waals surface area contributed by atoms with E-state index in [-0.39, 0.29) is 0 Å². The van der Waals surface area contributed by atoms with Crippen LogP contribution in [-0.2, 0) is 0 Å². The van der Waals surface area contributed by atoms with Gasteiger partial charge in [-0.1, -0.05) is 26.8 Å². The summed E-state index contributed by atoms with van der Waals surface area (Å²) in [6.45, 7) is 14.3. The predicted octanol–water partition coefficient (Wildman–Crippen LogP) is 4.07. The third kappa shape index (κ3) is 3.26. The second-order valence-corrected chi connectivity index (χ2v) is 5.59. The molecule has 15 heavy (non-hydrogen) atoms. The molecule has 1 rings (SSSR count). The van der Waals surface area contributed by atoms with Gasteiger partial charge in [0.15, 0.2) is 0 Å². The van der Waals surface area contributed by atoms with Crippen LogP contribution in [0.4, 0.5) is 5.69 Å². The zero-order chi connectivity index (χ0) is 11.6. The second kappa shape index (κ2) is 4.26. The highest BCUT2D eigenvalue weighted by atomic mass is 14.9. The fourth-order valence-electron chi connectivity index (χ4n) is 1.51. The Kier molecular flexibility index (Phi) is 3.43. The Morgan fingerprint density at radius 3 is 2.13 bits per heavy atom. The van der Waals surface area contributed by atoms with Crippen molar-refractivity contribution >= 4 is 5.69 Å². The van der Waals surface area contributed by atoms with Crippen LogP contribution in [0.2, 0.25) is 0 Å². The summed E-state index contributed by atoms with van der Waals surface area (Å²) in [6, 6.07) is 4.37. The average molecular weight is 205 g/mol. The molecule has 0 bridgehead atoms. The molecule has 0 aliphatic carbocycles. The van der Waals surface area contributed by atoms with Crippen molar-refractivity contribution in [2.45, 2.75) is 41.5 Å². The standard InChI is InChI=1S/C14H23N/c1-10-7-8-13(12(3)11(10)2)15-9-14(4,5)6/h7-8,15H,9H2,1-6H3. The quantitative estimate of drug-likeness (QED) is 0.767. The van der Waals surface area contributed by atoms with Crippen LogP contribution in [0, 0.1) is 26.2 Å². The molecule has 1 nitrogen and oxygen atoms in total. The molecule has 0 atom stereocenters. The van der Waals surface area contributed by atoms with E-state index in [9.17, 15) is 0 Å². The van der Waals surface area contributed by atoms with E-state index in [2.05, 4.69) is 59.0 Å². The van der Waals surface area contributed by atoms with E-state index in [4.69, 9.17) is 0 Å². The molecule has 0 radical (unpaired) electrons. The molecule has 0 heterocycles. The zero-order valence-electron chi connectivity index (χ0n) is 10.9. The molecule has 0 aliphatic heterocycles. The van der Waals surface area contributed by atoms with E-state index in [1.54, 1.807) is 0 Å². The third-order valence-electron chi connectivity index (χ3n) is 2.87. The van der Waals surface area contributed by atoms with Crippen molar-refractivity contribution in [2.75, 3.05) is 11.9 Å². The van der Waals surface area contributed by atoms with Gasteiger partial charge in [0, 0.05) is 12.2 Å². The molecule has 0 spiro atoms. The number of benzene rings is 1. The third-order valence-corrected chi connectivity index (χ3v) is 2.87. The van der Waals surface area contributed by atoms with E-state index in [0.717, 1.165) is 6.54 Å². The molecule has 0 saturated carbocycles. The van der Waals surface area contributed by atoms with Crippen molar-refractivity contribution in [3.05, 3.63) is 28.8 Å². The van der Waals surface area contributed by atoms with Crippen LogP contribution in [0.3, 0.4) is 0 Å². The van der Waals surface area contributed by atoms with E-state index >= 15 is 0 Å². The van der Waals surface area contributed by atoms with E-state index in [0.29, 0.717) is 5.41 Å². The van der Waals surface area contributed by atoms with Gasteiger partial charge in [0.25, 0.3) is 0 Å². The van der Waals surface area contributed by atoms with Crippen LogP contribution in [0.15, 0.2) is 12.1 Å². The molecule has 84 valence electrons. The van der Waals surface area contributed by atoms with E-state index < -0.39 is 0 Å². The summed E-state index contributed by atoms with van der Waals surface area (Å²) in [7, 11) is 0. The van der Waals surface area contributed by atoms with Crippen LogP contribution in [0.25, 0.3) is 0 Å². The van der Waals surface area contributed by atoms with Gasteiger partial charge in [-0.3, -0.25) is 0 Å². The van der Waals surface area contributed by atoms with Crippen molar-refractivity contribution < 1.29 is 0 Å². The molecular weight excluding hydrogens is 182 g/mol. The Labute approximate surface area is 93.9 Å². The number of hydrogen-bond acceptors (Lipinski definition) is 1. The van der Waals surface area contributed by atoms with E-state index in [1.165, 1.54) is 22.4 Å². The Morgan fingerprint density at radius 2 is 1.60 bits per heavy atom. The van der Waals surface area contributed by atoms with Gasteiger partial charge >= 0.3 is 0 Å². The molecular formula is C14H23N. The summed E-state index contributed by atoms with van der Waals surface area (Å²) in [4.78, 5) is 0. The normalized spacial score (nSPS) is 11.6. The molecule has 0 unspecified atom stereocenters. The lowest BCUT2D eigenvalue weighted by molar-refractivity contribution is 0.443. The first-order chi connectivity index (χ1) is 6.81. The molecule has 0 aliphatic rings. The summed E-state index contributed by atoms with van der Waals surface area (Å²) in [5, 5.41) is 3.52. The molecule has 0 amide bonds. The lowest BCUT2D eigenvalue weighted by Crippen LogP contribution is -2.19. The van der Waals surface area contributed by atoms with Crippen molar-refractivity contribution in [3.63, 3.8) is 0 Å². The minimum Gasteiger partial charge on any atom is -0.384 e. The second-order valence-electron chi connectivity index (χ2n) is 5.59. The summed E-state index contributed by atoms with van der Waals surface area (Å²) < 4.78 is 0. The van der Waals surface area contributed by atoms with Gasteiger partial charge in [-0.25, -0.2) is 0 Å². The SMILES string of the molecule is Cc1ccc(NCC(C)(C)C)c(C)c1C. The largest absolute Gasteiger partial charge is 0.384 e.